The standard InChI is InChI=1S/C8H15N3OS/c1-13(12)4-2-3-11-7-10-6-8(11)5-9/h6-7H,2-5,9H2,1H3. The van der Waals surface area contributed by atoms with Crippen molar-refractivity contribution in [3.05, 3.63) is 18.2 Å². The summed E-state index contributed by atoms with van der Waals surface area (Å²) in [7, 11) is -0.701. The zero-order valence-electron chi connectivity index (χ0n) is 7.77. The first-order valence-electron chi connectivity index (χ1n) is 4.23. The van der Waals surface area contributed by atoms with Crippen molar-refractivity contribution >= 4 is 10.8 Å². The lowest BCUT2D eigenvalue weighted by atomic mass is 10.4. The molecule has 1 aromatic heterocycles. The summed E-state index contributed by atoms with van der Waals surface area (Å²) in [6.45, 7) is 1.36. The van der Waals surface area contributed by atoms with Gasteiger partial charge in [-0.1, -0.05) is 0 Å². The normalized spacial score (nSPS) is 13.1. The number of hydrogen-bond acceptors (Lipinski definition) is 3. The van der Waals surface area contributed by atoms with Gasteiger partial charge in [-0.15, -0.1) is 0 Å². The predicted molar refractivity (Wildman–Crippen MR) is 53.7 cm³/mol. The molecule has 74 valence electrons. The highest BCUT2D eigenvalue weighted by Crippen LogP contribution is 1.99. The number of nitrogens with zero attached hydrogens (tertiary/aromatic N) is 2. The van der Waals surface area contributed by atoms with Gasteiger partial charge in [0.2, 0.25) is 0 Å². The SMILES string of the molecule is CS(=O)CCCn1cncc1CN. The van der Waals surface area contributed by atoms with Crippen molar-refractivity contribution in [2.24, 2.45) is 5.73 Å². The quantitative estimate of drug-likeness (QED) is 0.735. The molecule has 0 bridgehead atoms. The lowest BCUT2D eigenvalue weighted by Crippen LogP contribution is -2.08. The topological polar surface area (TPSA) is 60.9 Å². The summed E-state index contributed by atoms with van der Waals surface area (Å²) in [4.78, 5) is 4.00. The maximum absolute atomic E-state index is 10.8. The Balaban J connectivity index is 2.40. The van der Waals surface area contributed by atoms with E-state index in [4.69, 9.17) is 5.73 Å². The Hall–Kier alpha value is -0.680. The van der Waals surface area contributed by atoms with Crippen LogP contribution < -0.4 is 5.73 Å². The van der Waals surface area contributed by atoms with E-state index in [0.29, 0.717) is 6.54 Å². The van der Waals surface area contributed by atoms with E-state index in [0.717, 1.165) is 24.4 Å². The lowest BCUT2D eigenvalue weighted by Gasteiger charge is -2.04. The Kier molecular flexibility index (Phi) is 4.11. The van der Waals surface area contributed by atoms with Crippen molar-refractivity contribution in [3.63, 3.8) is 0 Å². The number of nitrogens with two attached hydrogens (primary N) is 1. The molecular weight excluding hydrogens is 186 g/mol. The maximum atomic E-state index is 10.8. The van der Waals surface area contributed by atoms with Gasteiger partial charge in [0, 0.05) is 42.1 Å². The summed E-state index contributed by atoms with van der Waals surface area (Å²) in [5.41, 5.74) is 6.54. The van der Waals surface area contributed by atoms with Gasteiger partial charge in [0.05, 0.1) is 12.0 Å². The van der Waals surface area contributed by atoms with Gasteiger partial charge in [-0.3, -0.25) is 4.21 Å². The Labute approximate surface area is 80.6 Å². The molecule has 1 heterocycles. The number of imidazole rings is 1. The van der Waals surface area contributed by atoms with E-state index in [2.05, 4.69) is 4.98 Å². The molecule has 0 radical (unpaired) electrons. The first-order valence-corrected chi connectivity index (χ1v) is 5.96. The van der Waals surface area contributed by atoms with Gasteiger partial charge in [0.25, 0.3) is 0 Å². The average molecular weight is 201 g/mol. The average Bonchev–Trinajstić information content (AvgIpc) is 2.51. The van der Waals surface area contributed by atoms with Crippen LogP contribution in [0.4, 0.5) is 0 Å². The molecule has 13 heavy (non-hydrogen) atoms. The van der Waals surface area contributed by atoms with E-state index in [1.165, 1.54) is 0 Å². The second-order valence-electron chi connectivity index (χ2n) is 2.91. The number of aryl methyl sites for hydroxylation is 1. The lowest BCUT2D eigenvalue weighted by molar-refractivity contribution is 0.640. The minimum atomic E-state index is -0.701. The molecule has 0 saturated carbocycles. The molecule has 0 aliphatic rings. The largest absolute Gasteiger partial charge is 0.333 e. The van der Waals surface area contributed by atoms with Crippen LogP contribution in [0.15, 0.2) is 12.5 Å². The van der Waals surface area contributed by atoms with Crippen LogP contribution >= 0.6 is 0 Å². The summed E-state index contributed by atoms with van der Waals surface area (Å²) in [6.07, 6.45) is 6.16. The second-order valence-corrected chi connectivity index (χ2v) is 4.47. The molecule has 1 rings (SSSR count). The molecule has 0 saturated heterocycles. The van der Waals surface area contributed by atoms with E-state index in [1.807, 2.05) is 4.57 Å². The van der Waals surface area contributed by atoms with E-state index in [-0.39, 0.29) is 0 Å². The smallest absolute Gasteiger partial charge is 0.0948 e. The van der Waals surface area contributed by atoms with Crippen LogP contribution in [-0.4, -0.2) is 25.8 Å². The zero-order chi connectivity index (χ0) is 9.68. The van der Waals surface area contributed by atoms with Crippen molar-refractivity contribution in [1.29, 1.82) is 0 Å². The maximum Gasteiger partial charge on any atom is 0.0948 e. The highest BCUT2D eigenvalue weighted by molar-refractivity contribution is 7.84. The van der Waals surface area contributed by atoms with Crippen LogP contribution in [0.25, 0.3) is 0 Å². The molecule has 2 N–H and O–H groups in total. The molecule has 0 aromatic carbocycles. The van der Waals surface area contributed by atoms with Crippen LogP contribution in [0.5, 0.6) is 0 Å². The summed E-state index contributed by atoms with van der Waals surface area (Å²) in [5.74, 6) is 0.738. The van der Waals surface area contributed by atoms with Crippen molar-refractivity contribution in [2.75, 3.05) is 12.0 Å². The molecule has 5 heteroatoms. The molecule has 0 aliphatic heterocycles. The van der Waals surface area contributed by atoms with E-state index in [1.54, 1.807) is 18.8 Å². The van der Waals surface area contributed by atoms with Crippen LogP contribution in [0.1, 0.15) is 12.1 Å². The van der Waals surface area contributed by atoms with Gasteiger partial charge in [0.15, 0.2) is 0 Å². The summed E-state index contributed by atoms with van der Waals surface area (Å²) >= 11 is 0. The van der Waals surface area contributed by atoms with Crippen LogP contribution in [0.3, 0.4) is 0 Å². The Bertz CT molecular complexity index is 285. The third-order valence-corrected chi connectivity index (χ3v) is 2.70. The molecule has 0 amide bonds. The molecule has 4 nitrogen and oxygen atoms in total. The molecule has 0 spiro atoms. The molecule has 1 aromatic rings. The van der Waals surface area contributed by atoms with Gasteiger partial charge in [0.1, 0.15) is 0 Å². The fourth-order valence-electron chi connectivity index (χ4n) is 1.16. The molecule has 1 atom stereocenters. The first kappa shape index (κ1) is 10.4. The van der Waals surface area contributed by atoms with Gasteiger partial charge in [-0.2, -0.15) is 0 Å². The van der Waals surface area contributed by atoms with Gasteiger partial charge >= 0.3 is 0 Å². The number of rotatable bonds is 5. The zero-order valence-corrected chi connectivity index (χ0v) is 8.59. The molecule has 0 aliphatic carbocycles. The predicted octanol–water partition coefficient (Wildman–Crippen LogP) is 0.110. The molecule has 0 fully saturated rings. The highest BCUT2D eigenvalue weighted by Gasteiger charge is 1.99. The van der Waals surface area contributed by atoms with E-state index in [9.17, 15) is 4.21 Å². The van der Waals surface area contributed by atoms with Crippen molar-refractivity contribution in [1.82, 2.24) is 9.55 Å². The van der Waals surface area contributed by atoms with E-state index < -0.39 is 10.8 Å². The van der Waals surface area contributed by atoms with Crippen LogP contribution in [0, 0.1) is 0 Å². The van der Waals surface area contributed by atoms with Gasteiger partial charge < -0.3 is 10.3 Å². The third kappa shape index (κ3) is 3.28. The molecule has 1 unspecified atom stereocenters. The van der Waals surface area contributed by atoms with Gasteiger partial charge in [-0.05, 0) is 6.42 Å². The van der Waals surface area contributed by atoms with E-state index >= 15 is 0 Å². The first-order chi connectivity index (χ1) is 6.24. The Morgan fingerprint density at radius 3 is 3.08 bits per heavy atom. The third-order valence-electron chi connectivity index (χ3n) is 1.84. The Morgan fingerprint density at radius 2 is 2.46 bits per heavy atom. The second kappa shape index (κ2) is 5.14. The monoisotopic (exact) mass is 201 g/mol. The van der Waals surface area contributed by atoms with Crippen LogP contribution in [-0.2, 0) is 23.9 Å². The van der Waals surface area contributed by atoms with Gasteiger partial charge in [-0.25, -0.2) is 4.98 Å². The number of aromatic nitrogens is 2. The fraction of sp³-hybridized carbons (Fsp3) is 0.625. The summed E-state index contributed by atoms with van der Waals surface area (Å²) in [5, 5.41) is 0. The van der Waals surface area contributed by atoms with Crippen molar-refractivity contribution in [3.8, 4) is 0 Å². The Morgan fingerprint density at radius 1 is 1.69 bits per heavy atom. The summed E-state index contributed by atoms with van der Waals surface area (Å²) < 4.78 is 12.8. The van der Waals surface area contributed by atoms with Crippen molar-refractivity contribution < 1.29 is 4.21 Å². The van der Waals surface area contributed by atoms with Crippen molar-refractivity contribution in [2.45, 2.75) is 19.5 Å². The summed E-state index contributed by atoms with van der Waals surface area (Å²) in [6, 6.07) is 0. The van der Waals surface area contributed by atoms with Crippen LogP contribution in [0.2, 0.25) is 0 Å². The molecular formula is C8H15N3OS. The highest BCUT2D eigenvalue weighted by atomic mass is 32.2. The minimum Gasteiger partial charge on any atom is -0.333 e. The minimum absolute atomic E-state index is 0.509. The number of hydrogen-bond donors (Lipinski definition) is 1. The fourth-order valence-corrected chi connectivity index (χ4v) is 1.69.